The van der Waals surface area contributed by atoms with Crippen molar-refractivity contribution in [3.05, 3.63) is 14.0 Å². The molecule has 0 aromatic rings. The Morgan fingerprint density at radius 3 is 1.92 bits per heavy atom. The Morgan fingerprint density at radius 1 is 1.25 bits per heavy atom. The summed E-state index contributed by atoms with van der Waals surface area (Å²) in [6.45, 7) is 5.00. The van der Waals surface area contributed by atoms with Crippen LogP contribution < -0.4 is 0 Å². The molecule has 0 aliphatic heterocycles. The molecule has 0 saturated heterocycles. The molecule has 0 bridgehead atoms. The van der Waals surface area contributed by atoms with Gasteiger partial charge >= 0.3 is 38.7 Å². The Balaban J connectivity index is -0.000000249. The summed E-state index contributed by atoms with van der Waals surface area (Å²) in [4.78, 5) is 20.4. The molecule has 0 atom stereocenters. The van der Waals surface area contributed by atoms with E-state index in [0.717, 1.165) is 0 Å². The van der Waals surface area contributed by atoms with Crippen molar-refractivity contribution in [2.24, 2.45) is 0 Å². The van der Waals surface area contributed by atoms with Gasteiger partial charge in [0.1, 0.15) is 6.42 Å². The van der Waals surface area contributed by atoms with Crippen LogP contribution in [0, 0.1) is 14.0 Å². The Morgan fingerprint density at radius 2 is 1.67 bits per heavy atom. The average Bonchev–Trinajstić information content (AvgIpc) is 2.07. The summed E-state index contributed by atoms with van der Waals surface area (Å²) in [6, 6.07) is 0. The van der Waals surface area contributed by atoms with Gasteiger partial charge in [0.05, 0.1) is 7.11 Å². The van der Waals surface area contributed by atoms with Gasteiger partial charge in [-0.2, -0.15) is 14.0 Å². The Bertz CT molecular complexity index is 111. The number of rotatable bonds is 2. The van der Waals surface area contributed by atoms with Crippen molar-refractivity contribution in [1.29, 1.82) is 0 Å². The van der Waals surface area contributed by atoms with Gasteiger partial charge in [0.25, 0.3) is 5.97 Å². The van der Waals surface area contributed by atoms with Crippen molar-refractivity contribution in [2.45, 2.75) is 13.3 Å². The first-order valence-electron chi connectivity index (χ1n) is 2.93. The molecule has 66 valence electrons. The molecule has 0 aliphatic carbocycles. The van der Waals surface area contributed by atoms with E-state index in [4.69, 9.17) is 0 Å². The first-order chi connectivity index (χ1) is 5.20. The molecule has 0 aromatic carbocycles. The van der Waals surface area contributed by atoms with E-state index >= 15 is 0 Å². The first kappa shape index (κ1) is 18.0. The van der Waals surface area contributed by atoms with E-state index in [1.165, 1.54) is 7.11 Å². The molecule has 0 spiro atoms. The summed E-state index contributed by atoms with van der Waals surface area (Å²) in [7, 11) is 4.01. The van der Waals surface area contributed by atoms with E-state index in [1.807, 2.05) is 0 Å². The Kier molecular flexibility index (Phi) is 20.4. The first-order valence-corrected chi connectivity index (χ1v) is 2.93. The van der Waals surface area contributed by atoms with Gasteiger partial charge in [-0.3, -0.25) is 9.59 Å². The van der Waals surface area contributed by atoms with Gasteiger partial charge in [-0.05, 0) is 0 Å². The second kappa shape index (κ2) is 13.6. The van der Waals surface area contributed by atoms with Crippen molar-refractivity contribution < 1.29 is 51.8 Å². The zero-order chi connectivity index (χ0) is 9.28. The maximum atomic E-state index is 10.2. The minimum absolute atomic E-state index is 0. The van der Waals surface area contributed by atoms with Gasteiger partial charge in [-0.15, -0.1) is 0 Å². The summed E-state index contributed by atoms with van der Waals surface area (Å²) in [6.07, 6.45) is -0.375. The van der Waals surface area contributed by atoms with Crippen molar-refractivity contribution >= 4 is 11.9 Å². The third-order valence-corrected chi connectivity index (χ3v) is 0.677. The smallest absolute Gasteiger partial charge is 0.640 e. The topological polar surface area (TPSA) is 52.6 Å². The summed E-state index contributed by atoms with van der Waals surface area (Å²) >= 11 is 0. The Labute approximate surface area is 97.9 Å². The molecule has 0 radical (unpaired) electrons. The van der Waals surface area contributed by atoms with Crippen molar-refractivity contribution in [1.82, 2.24) is 0 Å². The van der Waals surface area contributed by atoms with Crippen LogP contribution in [0.1, 0.15) is 13.3 Å². The largest absolute Gasteiger partial charge is 3.00 e. The molecule has 0 saturated carbocycles. The predicted octanol–water partition coefficient (Wildman–Crippen LogP) is 0.722. The predicted molar refractivity (Wildman–Crippen MR) is 39.1 cm³/mol. The quantitative estimate of drug-likeness (QED) is 0.411. The van der Waals surface area contributed by atoms with E-state index in [9.17, 15) is 9.59 Å². The van der Waals surface area contributed by atoms with Crippen LogP contribution in [0.3, 0.4) is 0 Å². The van der Waals surface area contributed by atoms with Crippen molar-refractivity contribution in [3.63, 3.8) is 0 Å². The van der Waals surface area contributed by atoms with Crippen LogP contribution in [0.2, 0.25) is 0 Å². The SMILES string of the molecule is [CH2-]C.[CH2-]OC(=O)CC(=O)OC.[Y+3]. The Hall–Kier alpha value is 0.0439. The van der Waals surface area contributed by atoms with Crippen LogP contribution in [-0.4, -0.2) is 19.0 Å². The number of methoxy groups -OCH3 is 1. The molecule has 0 amide bonds. The number of esters is 2. The van der Waals surface area contributed by atoms with E-state index in [0.29, 0.717) is 0 Å². The standard InChI is InChI=1S/C5H7O4.C2H5.Y/c1-8-4(6)3-5(7)9-2;1-2;/h1,3H2,2H3;1H2,2H3;/q2*-1;+3. The minimum atomic E-state index is -0.693. The number of carbonyl (C=O) groups excluding carboxylic acids is 2. The number of hydrogen-bond donors (Lipinski definition) is 0. The van der Waals surface area contributed by atoms with E-state index in [-0.39, 0.29) is 39.1 Å². The molecule has 12 heavy (non-hydrogen) atoms. The molecular weight excluding hydrogens is 237 g/mol. The number of ether oxygens (including phenoxy) is 2. The van der Waals surface area contributed by atoms with Gasteiger partial charge in [-0.1, -0.05) is 0 Å². The normalized spacial score (nSPS) is 6.67. The second-order valence-electron chi connectivity index (χ2n) is 1.27. The zero-order valence-electron chi connectivity index (χ0n) is 7.33. The fraction of sp³-hybridized carbons (Fsp3) is 0.429. The van der Waals surface area contributed by atoms with Crippen LogP contribution >= 0.6 is 0 Å². The molecule has 0 aromatic heterocycles. The molecule has 0 fully saturated rings. The fourth-order valence-electron chi connectivity index (χ4n) is 0.241. The second-order valence-corrected chi connectivity index (χ2v) is 1.27. The van der Waals surface area contributed by atoms with Crippen molar-refractivity contribution in [2.75, 3.05) is 7.11 Å². The maximum Gasteiger partial charge on any atom is 3.00 e. The minimum Gasteiger partial charge on any atom is -0.640 e. The van der Waals surface area contributed by atoms with Gasteiger partial charge in [0, 0.05) is 0 Å². The molecule has 0 N–H and O–H groups in total. The molecule has 5 heteroatoms. The monoisotopic (exact) mass is 249 g/mol. The van der Waals surface area contributed by atoms with Crippen molar-refractivity contribution in [3.8, 4) is 0 Å². The number of carbonyl (C=O) groups is 2. The van der Waals surface area contributed by atoms with Crippen LogP contribution in [0.25, 0.3) is 0 Å². The summed E-state index contributed by atoms with van der Waals surface area (Å²) < 4.78 is 8.09. The van der Waals surface area contributed by atoms with Crippen LogP contribution in [-0.2, 0) is 51.8 Å². The third-order valence-electron chi connectivity index (χ3n) is 0.677. The zero-order valence-corrected chi connectivity index (χ0v) is 10.2. The third kappa shape index (κ3) is 12.7. The van der Waals surface area contributed by atoms with Crippen LogP contribution in [0.4, 0.5) is 0 Å². The summed E-state index contributed by atoms with van der Waals surface area (Å²) in [5.41, 5.74) is 0. The maximum absolute atomic E-state index is 10.2. The van der Waals surface area contributed by atoms with Gasteiger partial charge in [-0.25, -0.2) is 0 Å². The van der Waals surface area contributed by atoms with E-state index in [1.54, 1.807) is 6.92 Å². The summed E-state index contributed by atoms with van der Waals surface area (Å²) in [5, 5.41) is 0. The van der Waals surface area contributed by atoms with E-state index in [2.05, 4.69) is 23.5 Å². The average molecular weight is 249 g/mol. The molecule has 0 aliphatic rings. The van der Waals surface area contributed by atoms with Crippen LogP contribution in [0.15, 0.2) is 0 Å². The van der Waals surface area contributed by atoms with Gasteiger partial charge in [0.15, 0.2) is 0 Å². The fourth-order valence-corrected chi connectivity index (χ4v) is 0.241. The molecule has 0 rings (SSSR count). The molecule has 0 heterocycles. The van der Waals surface area contributed by atoms with E-state index < -0.39 is 11.9 Å². The molecule has 0 unspecified atom stereocenters. The molecular formula is C7H12O4Y+. The summed E-state index contributed by atoms with van der Waals surface area (Å²) in [5.74, 6) is -1.31. The molecule has 4 nitrogen and oxygen atoms in total. The number of hydrogen-bond acceptors (Lipinski definition) is 4. The van der Waals surface area contributed by atoms with Gasteiger partial charge in [0.2, 0.25) is 0 Å². The van der Waals surface area contributed by atoms with Gasteiger partial charge < -0.3 is 16.4 Å². The van der Waals surface area contributed by atoms with Crippen LogP contribution in [0.5, 0.6) is 0 Å².